The molecule has 4 heterocycles. The number of rotatable bonds is 9. The molecule has 0 aliphatic carbocycles. The van der Waals surface area contributed by atoms with Crippen molar-refractivity contribution >= 4 is 40.3 Å². The van der Waals surface area contributed by atoms with Crippen LogP contribution in [0, 0.1) is 0 Å². The van der Waals surface area contributed by atoms with Gasteiger partial charge in [-0.15, -0.1) is 0 Å². The predicted molar refractivity (Wildman–Crippen MR) is 160 cm³/mol. The topological polar surface area (TPSA) is 158 Å². The van der Waals surface area contributed by atoms with Crippen molar-refractivity contribution in [2.75, 3.05) is 31.6 Å². The van der Waals surface area contributed by atoms with Crippen LogP contribution in [0.3, 0.4) is 0 Å². The van der Waals surface area contributed by atoms with Crippen LogP contribution in [0.2, 0.25) is 5.02 Å². The molecule has 2 aliphatic rings. The minimum Gasteiger partial charge on any atom is -0.381 e. The Kier molecular flexibility index (Phi) is 10.6. The molecule has 0 radical (unpaired) electrons. The van der Waals surface area contributed by atoms with Gasteiger partial charge in [0, 0.05) is 59.1 Å². The SMILES string of the molecule is CC.CC1N=C(c2ccc(-c3cc4cnc(NC5CCOCC5)nc4n(CC(=O)NCCCN)c3=O)c(Cl)c2)NO1. The van der Waals surface area contributed by atoms with Crippen molar-refractivity contribution in [3.8, 4) is 11.1 Å². The van der Waals surface area contributed by atoms with E-state index in [1.165, 1.54) is 4.57 Å². The number of anilines is 1. The van der Waals surface area contributed by atoms with E-state index in [0.717, 1.165) is 18.4 Å². The molecule has 5 rings (SSSR count). The number of hydroxylamine groups is 1. The number of benzene rings is 1. The number of nitrogens with two attached hydrogens (primary N) is 1. The van der Waals surface area contributed by atoms with Crippen molar-refractivity contribution in [3.63, 3.8) is 0 Å². The molecule has 1 amide bonds. The molecule has 220 valence electrons. The maximum absolute atomic E-state index is 13.8. The molecule has 1 atom stereocenters. The molecular formula is C28H37ClN8O4. The second kappa shape index (κ2) is 14.4. The van der Waals surface area contributed by atoms with Gasteiger partial charge in [-0.25, -0.2) is 20.3 Å². The van der Waals surface area contributed by atoms with Gasteiger partial charge in [0.25, 0.3) is 5.56 Å². The second-order valence-corrected chi connectivity index (χ2v) is 9.84. The standard InChI is InChI=1S/C26H31ClN8O4.C2H6/c1-15-31-23(34-39-15)16-3-4-19(21(27)12-16)20-11-17-13-30-26(32-18-5-9-38-10-6-18)33-24(17)35(25(20)37)14-22(36)29-8-2-7-28;1-2/h3-4,11-13,15,18H,2,5-10,14,28H2,1H3,(H,29,36)(H,31,34)(H,30,32,33);1-2H3. The molecule has 1 unspecified atom stereocenters. The van der Waals surface area contributed by atoms with E-state index in [1.807, 2.05) is 20.8 Å². The zero-order chi connectivity index (χ0) is 29.4. The number of pyridine rings is 1. The number of fused-ring (bicyclic) bond motifs is 1. The summed E-state index contributed by atoms with van der Waals surface area (Å²) in [4.78, 5) is 45.4. The van der Waals surface area contributed by atoms with Gasteiger partial charge in [0.05, 0.1) is 0 Å². The summed E-state index contributed by atoms with van der Waals surface area (Å²) in [6.45, 7) is 7.80. The van der Waals surface area contributed by atoms with Gasteiger partial charge in [-0.2, -0.15) is 4.98 Å². The number of aromatic nitrogens is 3. The molecule has 0 bridgehead atoms. The Labute approximate surface area is 243 Å². The van der Waals surface area contributed by atoms with E-state index in [4.69, 9.17) is 26.9 Å². The normalized spacial score (nSPS) is 16.9. The van der Waals surface area contributed by atoms with Crippen molar-refractivity contribution in [2.24, 2.45) is 10.7 Å². The average molecular weight is 585 g/mol. The Bertz CT molecular complexity index is 1460. The second-order valence-electron chi connectivity index (χ2n) is 9.44. The zero-order valence-electron chi connectivity index (χ0n) is 23.6. The van der Waals surface area contributed by atoms with Crippen LogP contribution in [0.1, 0.15) is 45.6 Å². The van der Waals surface area contributed by atoms with Gasteiger partial charge < -0.3 is 21.1 Å². The molecule has 2 aliphatic heterocycles. The molecule has 1 aromatic carbocycles. The number of amidine groups is 1. The minimum absolute atomic E-state index is 0.167. The Morgan fingerprint density at radius 2 is 2.00 bits per heavy atom. The van der Waals surface area contributed by atoms with Crippen LogP contribution < -0.4 is 27.4 Å². The summed E-state index contributed by atoms with van der Waals surface area (Å²) in [5.74, 6) is 0.629. The number of amides is 1. The molecule has 0 spiro atoms. The van der Waals surface area contributed by atoms with Gasteiger partial charge >= 0.3 is 0 Å². The van der Waals surface area contributed by atoms with Gasteiger partial charge in [0.15, 0.2) is 12.1 Å². The highest BCUT2D eigenvalue weighted by atomic mass is 35.5. The van der Waals surface area contributed by atoms with Crippen molar-refractivity contribution < 1.29 is 14.4 Å². The van der Waals surface area contributed by atoms with Gasteiger partial charge in [0.1, 0.15) is 12.2 Å². The molecule has 5 N–H and O–H groups in total. The lowest BCUT2D eigenvalue weighted by molar-refractivity contribution is -0.121. The summed E-state index contributed by atoms with van der Waals surface area (Å²) < 4.78 is 6.79. The van der Waals surface area contributed by atoms with Crippen molar-refractivity contribution in [1.29, 1.82) is 0 Å². The predicted octanol–water partition coefficient (Wildman–Crippen LogP) is 2.82. The fourth-order valence-corrected chi connectivity index (χ4v) is 4.79. The van der Waals surface area contributed by atoms with Crippen LogP contribution in [0.15, 0.2) is 40.2 Å². The lowest BCUT2D eigenvalue weighted by Crippen LogP contribution is -2.34. The van der Waals surface area contributed by atoms with Crippen LogP contribution in [-0.4, -0.2) is 64.9 Å². The van der Waals surface area contributed by atoms with E-state index in [2.05, 4.69) is 31.1 Å². The van der Waals surface area contributed by atoms with E-state index in [-0.39, 0.29) is 24.7 Å². The lowest BCUT2D eigenvalue weighted by atomic mass is 10.0. The lowest BCUT2D eigenvalue weighted by Gasteiger charge is -2.23. The fraction of sp³-hybridized carbons (Fsp3) is 0.464. The first kappa shape index (κ1) is 30.4. The first-order valence-corrected chi connectivity index (χ1v) is 14.3. The number of halogens is 1. The molecule has 2 aromatic heterocycles. The number of hydrogen-bond donors (Lipinski definition) is 4. The highest BCUT2D eigenvalue weighted by Gasteiger charge is 2.21. The largest absolute Gasteiger partial charge is 0.381 e. The molecule has 13 heteroatoms. The van der Waals surface area contributed by atoms with Crippen LogP contribution >= 0.6 is 11.6 Å². The summed E-state index contributed by atoms with van der Waals surface area (Å²) in [6, 6.07) is 7.14. The fourth-order valence-electron chi connectivity index (χ4n) is 4.51. The summed E-state index contributed by atoms with van der Waals surface area (Å²) in [7, 11) is 0. The summed E-state index contributed by atoms with van der Waals surface area (Å²) in [6.07, 6.45) is 3.63. The zero-order valence-corrected chi connectivity index (χ0v) is 24.3. The quantitative estimate of drug-likeness (QED) is 0.277. The summed E-state index contributed by atoms with van der Waals surface area (Å²) >= 11 is 6.66. The Morgan fingerprint density at radius 3 is 2.68 bits per heavy atom. The molecule has 41 heavy (non-hydrogen) atoms. The number of carbonyl (C=O) groups is 1. The van der Waals surface area contributed by atoms with E-state index in [9.17, 15) is 9.59 Å². The van der Waals surface area contributed by atoms with E-state index >= 15 is 0 Å². The van der Waals surface area contributed by atoms with Crippen molar-refractivity contribution in [2.45, 2.75) is 58.8 Å². The van der Waals surface area contributed by atoms with Crippen LogP contribution in [-0.2, 0) is 20.9 Å². The molecular weight excluding hydrogens is 548 g/mol. The molecule has 0 saturated carbocycles. The summed E-state index contributed by atoms with van der Waals surface area (Å²) in [5.41, 5.74) is 9.84. The van der Waals surface area contributed by atoms with Gasteiger partial charge in [0.2, 0.25) is 11.9 Å². The third-order valence-corrected chi connectivity index (χ3v) is 6.87. The molecule has 1 fully saturated rings. The van der Waals surface area contributed by atoms with Crippen LogP contribution in [0.5, 0.6) is 0 Å². The minimum atomic E-state index is -0.393. The number of nitrogens with one attached hydrogen (secondary N) is 3. The number of carbonyl (C=O) groups excluding carboxylic acids is 1. The smallest absolute Gasteiger partial charge is 0.260 e. The average Bonchev–Trinajstić information content (AvgIpc) is 3.42. The Morgan fingerprint density at radius 1 is 1.22 bits per heavy atom. The van der Waals surface area contributed by atoms with Gasteiger partial charge in [-0.1, -0.05) is 37.6 Å². The molecule has 3 aromatic rings. The van der Waals surface area contributed by atoms with Crippen molar-refractivity contribution in [3.05, 3.63) is 51.4 Å². The van der Waals surface area contributed by atoms with E-state index in [0.29, 0.717) is 71.7 Å². The van der Waals surface area contributed by atoms with E-state index in [1.54, 1.807) is 30.5 Å². The number of ether oxygens (including phenoxy) is 1. The highest BCUT2D eigenvalue weighted by molar-refractivity contribution is 6.33. The molecule has 1 saturated heterocycles. The third kappa shape index (κ3) is 7.39. The maximum atomic E-state index is 13.8. The maximum Gasteiger partial charge on any atom is 0.260 e. The number of hydrogen-bond acceptors (Lipinski definition) is 10. The van der Waals surface area contributed by atoms with Crippen LogP contribution in [0.4, 0.5) is 5.95 Å². The summed E-state index contributed by atoms with van der Waals surface area (Å²) in [5, 5.41) is 7.08. The van der Waals surface area contributed by atoms with Gasteiger partial charge in [-0.3, -0.25) is 14.2 Å². The number of aliphatic imine (C=N–C) groups is 1. The monoisotopic (exact) mass is 584 g/mol. The Hall–Kier alpha value is -3.58. The van der Waals surface area contributed by atoms with Crippen LogP contribution in [0.25, 0.3) is 22.2 Å². The third-order valence-electron chi connectivity index (χ3n) is 6.56. The molecule has 12 nitrogen and oxygen atoms in total. The Balaban J connectivity index is 0.00000189. The first-order chi connectivity index (χ1) is 19.9. The van der Waals surface area contributed by atoms with Gasteiger partial charge in [-0.05, 0) is 44.9 Å². The number of nitrogens with zero attached hydrogens (tertiary/aromatic N) is 4. The first-order valence-electron chi connectivity index (χ1n) is 13.9. The van der Waals surface area contributed by atoms with Crippen molar-refractivity contribution in [1.82, 2.24) is 25.3 Å². The van der Waals surface area contributed by atoms with E-state index < -0.39 is 5.56 Å². The highest BCUT2D eigenvalue weighted by Crippen LogP contribution is 2.29.